The minimum absolute atomic E-state index is 0.255. The van der Waals surface area contributed by atoms with Crippen molar-refractivity contribution in [3.05, 3.63) is 53.0 Å². The molecule has 29 heavy (non-hydrogen) atoms. The van der Waals surface area contributed by atoms with Crippen LogP contribution >= 0.6 is 0 Å². The van der Waals surface area contributed by atoms with Crippen molar-refractivity contribution >= 4 is 6.08 Å². The third-order valence-corrected chi connectivity index (χ3v) is 6.36. The van der Waals surface area contributed by atoms with Crippen molar-refractivity contribution in [2.75, 3.05) is 32.9 Å². The van der Waals surface area contributed by atoms with E-state index in [9.17, 15) is 0 Å². The van der Waals surface area contributed by atoms with E-state index in [0.717, 1.165) is 80.6 Å². The van der Waals surface area contributed by atoms with Crippen LogP contribution in [0, 0.1) is 13.8 Å². The predicted octanol–water partition coefficient (Wildman–Crippen LogP) is 3.46. The first kappa shape index (κ1) is 18.9. The summed E-state index contributed by atoms with van der Waals surface area (Å²) in [4.78, 5) is 2.49. The Labute approximate surface area is 172 Å². The molecule has 3 saturated heterocycles. The summed E-state index contributed by atoms with van der Waals surface area (Å²) in [6, 6.07) is 10.5. The molecular formula is C23H29N3O3. The molecule has 0 radical (unpaired) electrons. The van der Waals surface area contributed by atoms with Crippen LogP contribution in [0.3, 0.4) is 0 Å². The Balaban J connectivity index is 1.46. The first-order valence-corrected chi connectivity index (χ1v) is 10.6. The van der Waals surface area contributed by atoms with Crippen molar-refractivity contribution in [3.8, 4) is 5.69 Å². The molecule has 6 nitrogen and oxygen atoms in total. The first-order chi connectivity index (χ1) is 14.2. The van der Waals surface area contributed by atoms with E-state index in [1.807, 2.05) is 22.9 Å². The third kappa shape index (κ3) is 3.39. The molecule has 2 aromatic rings. The van der Waals surface area contributed by atoms with E-state index in [4.69, 9.17) is 19.3 Å². The second-order valence-corrected chi connectivity index (χ2v) is 8.18. The number of aryl methyl sites for hydroxylation is 1. The zero-order valence-electron chi connectivity index (χ0n) is 17.3. The SMILES string of the molecule is Cc1nn(-c2ccccc2)c(C)c1/C=C1/C[C@H](N2CCOCC2)[C@@]2(CCCO2)O1. The number of nitrogens with zero attached hydrogens (tertiary/aromatic N) is 3. The Morgan fingerprint density at radius 3 is 2.62 bits per heavy atom. The predicted molar refractivity (Wildman–Crippen MR) is 111 cm³/mol. The molecule has 4 heterocycles. The normalized spacial score (nSPS) is 29.0. The summed E-state index contributed by atoms with van der Waals surface area (Å²) < 4.78 is 20.3. The van der Waals surface area contributed by atoms with Gasteiger partial charge in [-0.2, -0.15) is 5.10 Å². The molecule has 0 bridgehead atoms. The second-order valence-electron chi connectivity index (χ2n) is 8.18. The highest BCUT2D eigenvalue weighted by Gasteiger charge is 2.53. The van der Waals surface area contributed by atoms with E-state index < -0.39 is 5.79 Å². The second kappa shape index (κ2) is 7.59. The van der Waals surface area contributed by atoms with Gasteiger partial charge < -0.3 is 14.2 Å². The summed E-state index contributed by atoms with van der Waals surface area (Å²) in [5, 5.41) is 4.78. The molecule has 1 aromatic heterocycles. The quantitative estimate of drug-likeness (QED) is 0.797. The lowest BCUT2D eigenvalue weighted by atomic mass is 10.00. The number of hydrogen-bond donors (Lipinski definition) is 0. The van der Waals surface area contributed by atoms with Crippen LogP contribution in [0.4, 0.5) is 0 Å². The molecule has 6 heteroatoms. The van der Waals surface area contributed by atoms with Crippen LogP contribution < -0.4 is 0 Å². The van der Waals surface area contributed by atoms with Gasteiger partial charge in [0.05, 0.1) is 37.2 Å². The van der Waals surface area contributed by atoms with Gasteiger partial charge in [-0.3, -0.25) is 4.90 Å². The van der Waals surface area contributed by atoms with Crippen molar-refractivity contribution in [2.24, 2.45) is 0 Å². The summed E-state index contributed by atoms with van der Waals surface area (Å²) in [6.45, 7) is 8.41. The fourth-order valence-electron chi connectivity index (χ4n) is 4.89. The minimum atomic E-state index is -0.500. The van der Waals surface area contributed by atoms with Crippen LogP contribution in [0.15, 0.2) is 36.1 Å². The van der Waals surface area contributed by atoms with Crippen molar-refractivity contribution in [2.45, 2.75) is 44.9 Å². The van der Waals surface area contributed by atoms with Gasteiger partial charge in [0.25, 0.3) is 0 Å². The number of hydrogen-bond acceptors (Lipinski definition) is 5. The summed E-state index contributed by atoms with van der Waals surface area (Å²) in [5.74, 6) is 0.502. The van der Waals surface area contributed by atoms with Gasteiger partial charge in [0.2, 0.25) is 5.79 Å². The lowest BCUT2D eigenvalue weighted by Gasteiger charge is -2.38. The van der Waals surface area contributed by atoms with Gasteiger partial charge in [-0.25, -0.2) is 4.68 Å². The average Bonchev–Trinajstić information content (AvgIpc) is 3.44. The topological polar surface area (TPSA) is 48.8 Å². The largest absolute Gasteiger partial charge is 0.465 e. The van der Waals surface area contributed by atoms with Crippen molar-refractivity contribution < 1.29 is 14.2 Å². The molecule has 3 fully saturated rings. The number of ether oxygens (including phenoxy) is 3. The van der Waals surface area contributed by atoms with Crippen molar-refractivity contribution in [1.82, 2.24) is 14.7 Å². The molecule has 0 saturated carbocycles. The van der Waals surface area contributed by atoms with E-state index >= 15 is 0 Å². The molecule has 2 atom stereocenters. The fourth-order valence-corrected chi connectivity index (χ4v) is 4.89. The van der Waals surface area contributed by atoms with E-state index in [1.165, 1.54) is 0 Å². The smallest absolute Gasteiger partial charge is 0.226 e. The Morgan fingerprint density at radius 1 is 1.10 bits per heavy atom. The van der Waals surface area contributed by atoms with E-state index in [2.05, 4.69) is 37.0 Å². The Hall–Kier alpha value is -2.15. The van der Waals surface area contributed by atoms with Gasteiger partial charge >= 0.3 is 0 Å². The van der Waals surface area contributed by atoms with Gasteiger partial charge in [0.1, 0.15) is 5.76 Å². The van der Waals surface area contributed by atoms with Crippen LogP contribution in [0.1, 0.15) is 36.2 Å². The van der Waals surface area contributed by atoms with Gasteiger partial charge in [0.15, 0.2) is 0 Å². The number of aromatic nitrogens is 2. The van der Waals surface area contributed by atoms with Gasteiger partial charge in [-0.05, 0) is 38.5 Å². The molecule has 1 aromatic carbocycles. The third-order valence-electron chi connectivity index (χ3n) is 6.36. The minimum Gasteiger partial charge on any atom is -0.465 e. The fraction of sp³-hybridized carbons (Fsp3) is 0.522. The van der Waals surface area contributed by atoms with E-state index in [1.54, 1.807) is 0 Å². The van der Waals surface area contributed by atoms with Crippen LogP contribution in [-0.2, 0) is 14.2 Å². The maximum atomic E-state index is 6.52. The van der Waals surface area contributed by atoms with Gasteiger partial charge in [-0.15, -0.1) is 0 Å². The molecule has 154 valence electrons. The molecule has 0 amide bonds. The summed E-state index contributed by atoms with van der Waals surface area (Å²) in [5.41, 5.74) is 4.35. The maximum absolute atomic E-state index is 6.52. The van der Waals surface area contributed by atoms with Gasteiger partial charge in [0, 0.05) is 37.2 Å². The first-order valence-electron chi connectivity index (χ1n) is 10.6. The highest BCUT2D eigenvalue weighted by molar-refractivity contribution is 5.58. The lowest BCUT2D eigenvalue weighted by Crippen LogP contribution is -2.53. The molecular weight excluding hydrogens is 366 g/mol. The number of rotatable bonds is 3. The van der Waals surface area contributed by atoms with Crippen LogP contribution in [0.2, 0.25) is 0 Å². The van der Waals surface area contributed by atoms with Gasteiger partial charge in [-0.1, -0.05) is 18.2 Å². The highest BCUT2D eigenvalue weighted by atomic mass is 16.7. The molecule has 0 unspecified atom stereocenters. The summed E-state index contributed by atoms with van der Waals surface area (Å²) in [7, 11) is 0. The van der Waals surface area contributed by atoms with Crippen molar-refractivity contribution in [3.63, 3.8) is 0 Å². The van der Waals surface area contributed by atoms with Crippen molar-refractivity contribution in [1.29, 1.82) is 0 Å². The Morgan fingerprint density at radius 2 is 1.90 bits per heavy atom. The molecule has 0 N–H and O–H groups in total. The Bertz CT molecular complexity index is 894. The lowest BCUT2D eigenvalue weighted by molar-refractivity contribution is -0.198. The zero-order valence-corrected chi connectivity index (χ0v) is 17.3. The van der Waals surface area contributed by atoms with E-state index in [0.29, 0.717) is 0 Å². The monoisotopic (exact) mass is 395 g/mol. The highest BCUT2D eigenvalue weighted by Crippen LogP contribution is 2.44. The number of benzene rings is 1. The zero-order chi connectivity index (χ0) is 19.8. The molecule has 1 spiro atoms. The molecule has 3 aliphatic rings. The number of para-hydroxylation sites is 1. The van der Waals surface area contributed by atoms with Crippen LogP contribution in [0.5, 0.6) is 0 Å². The standard InChI is InChI=1S/C23H29N3O3/c1-17-21(18(2)26(24-17)19-7-4-3-5-8-19)15-20-16-22(25-10-13-27-14-11-25)23(29-20)9-6-12-28-23/h3-5,7-8,15,22H,6,9-14,16H2,1-2H3/b20-15-/t22-,23+/m0/s1. The maximum Gasteiger partial charge on any atom is 0.226 e. The summed E-state index contributed by atoms with van der Waals surface area (Å²) in [6.07, 6.45) is 5.06. The molecule has 3 aliphatic heterocycles. The average molecular weight is 396 g/mol. The summed E-state index contributed by atoms with van der Waals surface area (Å²) >= 11 is 0. The van der Waals surface area contributed by atoms with Crippen LogP contribution in [0.25, 0.3) is 11.8 Å². The Kier molecular flexibility index (Phi) is 4.94. The van der Waals surface area contributed by atoms with Crippen LogP contribution in [-0.4, -0.2) is 59.4 Å². The number of morpholine rings is 1. The van der Waals surface area contributed by atoms with E-state index in [-0.39, 0.29) is 6.04 Å². The molecule has 5 rings (SSSR count). The molecule has 0 aliphatic carbocycles.